The highest BCUT2D eigenvalue weighted by atomic mass is 16.7. The van der Waals surface area contributed by atoms with Crippen LogP contribution in [0.2, 0.25) is 0 Å². The third-order valence-electron chi connectivity index (χ3n) is 11.0. The molecule has 2 aromatic rings. The van der Waals surface area contributed by atoms with E-state index in [4.69, 9.17) is 18.9 Å². The largest absolute Gasteiger partial charge is 0.507 e. The van der Waals surface area contributed by atoms with Gasteiger partial charge in [-0.15, -0.1) is 0 Å². The molecule has 274 valence electrons. The van der Waals surface area contributed by atoms with Crippen LogP contribution in [0.25, 0.3) is 0 Å². The summed E-state index contributed by atoms with van der Waals surface area (Å²) >= 11 is 0. The van der Waals surface area contributed by atoms with Gasteiger partial charge in [-0.1, -0.05) is 19.1 Å². The number of likely N-dealkylation sites (N-methyl/N-ethyl adjacent to an activating group) is 2. The van der Waals surface area contributed by atoms with Crippen LogP contribution in [0.1, 0.15) is 102 Å². The number of phenolic OH excluding ortho intramolecular Hbond substituents is 3. The summed E-state index contributed by atoms with van der Waals surface area (Å²) in [4.78, 5) is 31.6. The van der Waals surface area contributed by atoms with E-state index < -0.39 is 94.7 Å². The molecule has 0 aromatic heterocycles. The van der Waals surface area contributed by atoms with E-state index in [1.54, 1.807) is 20.8 Å². The van der Waals surface area contributed by atoms with E-state index in [1.807, 2.05) is 38.0 Å². The highest BCUT2D eigenvalue weighted by Crippen LogP contribution is 2.58. The van der Waals surface area contributed by atoms with Crippen molar-refractivity contribution < 1.29 is 59.2 Å². The summed E-state index contributed by atoms with van der Waals surface area (Å²) in [5.41, 5.74) is -3.47. The second-order valence-corrected chi connectivity index (χ2v) is 14.5. The highest BCUT2D eigenvalue weighted by Gasteiger charge is 2.54. The first-order chi connectivity index (χ1) is 23.5. The Kier molecular flexibility index (Phi) is 9.82. The van der Waals surface area contributed by atoms with Gasteiger partial charge in [-0.05, 0) is 54.5 Å². The maximum Gasteiger partial charge on any atom is 0.202 e. The van der Waals surface area contributed by atoms with Crippen LogP contribution < -0.4 is 0 Å². The molecule has 0 radical (unpaired) electrons. The van der Waals surface area contributed by atoms with Crippen molar-refractivity contribution in [3.05, 3.63) is 51.6 Å². The monoisotopic (exact) mass is 700 g/mol. The second kappa shape index (κ2) is 13.4. The van der Waals surface area contributed by atoms with Gasteiger partial charge in [0.25, 0.3) is 0 Å². The fourth-order valence-corrected chi connectivity index (χ4v) is 8.05. The summed E-state index contributed by atoms with van der Waals surface area (Å²) in [6.07, 6.45) is -7.20. The minimum absolute atomic E-state index is 0.0702. The molecule has 0 bridgehead atoms. The van der Waals surface area contributed by atoms with E-state index in [0.717, 1.165) is 0 Å². The Bertz CT molecular complexity index is 1660. The first-order valence-electron chi connectivity index (χ1n) is 17.1. The van der Waals surface area contributed by atoms with Gasteiger partial charge in [0.15, 0.2) is 18.4 Å². The fourth-order valence-electron chi connectivity index (χ4n) is 8.05. The number of aromatic hydroxyl groups is 3. The second-order valence-electron chi connectivity index (χ2n) is 14.5. The molecule has 2 aliphatic carbocycles. The molecule has 2 fully saturated rings. The maximum atomic E-state index is 14.0. The lowest BCUT2D eigenvalue weighted by Crippen LogP contribution is -2.55. The molecule has 8 unspecified atom stereocenters. The number of hydrogen-bond acceptors (Lipinski definition) is 14. The zero-order valence-corrected chi connectivity index (χ0v) is 29.4. The molecule has 0 amide bonds. The van der Waals surface area contributed by atoms with Gasteiger partial charge >= 0.3 is 0 Å². The van der Waals surface area contributed by atoms with Gasteiger partial charge < -0.3 is 59.4 Å². The molecule has 0 saturated carbocycles. The maximum absolute atomic E-state index is 14.0. The molecule has 2 aliphatic heterocycles. The SMILES string of the molecule is CC[C@@]1(O)C[C@H](OC2CC(N(C)C)C(O)C(C)O2)c2c(O)c3c(c(O)c2[C@H]1OC1CC(N(C)C)C(O)C(C)O1)C(=O)c1cccc(O)c1C3=O. The number of carbonyl (C=O) groups excluding carboxylic acids is 2. The topological polar surface area (TPSA) is 199 Å². The van der Waals surface area contributed by atoms with Crippen molar-refractivity contribution in [2.45, 2.75) is 113 Å². The van der Waals surface area contributed by atoms with Crippen molar-refractivity contribution in [1.29, 1.82) is 0 Å². The molecule has 6 rings (SSSR count). The van der Waals surface area contributed by atoms with Crippen molar-refractivity contribution in [2.24, 2.45) is 0 Å². The van der Waals surface area contributed by atoms with Crippen molar-refractivity contribution in [1.82, 2.24) is 9.80 Å². The summed E-state index contributed by atoms with van der Waals surface area (Å²) in [5.74, 6) is -3.49. The average Bonchev–Trinajstić information content (AvgIpc) is 3.05. The Morgan fingerprint density at radius 3 is 1.86 bits per heavy atom. The minimum atomic E-state index is -1.77. The number of phenols is 3. The number of benzene rings is 2. The van der Waals surface area contributed by atoms with Gasteiger partial charge in [0.1, 0.15) is 23.4 Å². The van der Waals surface area contributed by atoms with Crippen LogP contribution in [0.5, 0.6) is 17.2 Å². The van der Waals surface area contributed by atoms with Gasteiger partial charge in [0.2, 0.25) is 5.78 Å². The van der Waals surface area contributed by atoms with E-state index in [2.05, 4.69) is 0 Å². The standard InChI is InChI=1S/C36H48N2O12/c1-8-36(46)14-21(49-22-12-18(37(4)5)29(40)15(2)47-22)25-28(35(36)50-23-13-19(38(6)7)30(41)16(3)48-23)34(45)26-27(33(25)44)32(43)24-17(31(26)42)10-9-11-20(24)39/h9-11,15-16,18-19,21-23,29-30,35,39-41,44-46H,8,12-14H2,1-7H3/t15?,16?,18?,19?,21-,22?,23?,29?,30?,35+,36+/m0/s1. The first-order valence-corrected chi connectivity index (χ1v) is 17.1. The summed E-state index contributed by atoms with van der Waals surface area (Å²) in [7, 11) is 7.25. The molecule has 50 heavy (non-hydrogen) atoms. The van der Waals surface area contributed by atoms with Gasteiger partial charge in [0, 0.05) is 48.0 Å². The minimum Gasteiger partial charge on any atom is -0.507 e. The molecular weight excluding hydrogens is 652 g/mol. The van der Waals surface area contributed by atoms with Crippen molar-refractivity contribution in [3.8, 4) is 17.2 Å². The Morgan fingerprint density at radius 2 is 1.32 bits per heavy atom. The number of aliphatic hydroxyl groups is 3. The molecule has 4 aliphatic rings. The zero-order chi connectivity index (χ0) is 36.6. The van der Waals surface area contributed by atoms with E-state index in [9.17, 15) is 40.2 Å². The quantitative estimate of drug-likeness (QED) is 0.196. The molecule has 6 N–H and O–H groups in total. The van der Waals surface area contributed by atoms with E-state index in [1.165, 1.54) is 18.2 Å². The lowest BCUT2D eigenvalue weighted by atomic mass is 9.70. The Balaban J connectivity index is 1.52. The molecule has 2 heterocycles. The van der Waals surface area contributed by atoms with Crippen molar-refractivity contribution >= 4 is 11.6 Å². The van der Waals surface area contributed by atoms with E-state index in [-0.39, 0.29) is 60.0 Å². The Morgan fingerprint density at radius 1 is 0.800 bits per heavy atom. The van der Waals surface area contributed by atoms with Crippen LogP contribution >= 0.6 is 0 Å². The van der Waals surface area contributed by atoms with Gasteiger partial charge in [-0.2, -0.15) is 0 Å². The smallest absolute Gasteiger partial charge is 0.202 e. The highest BCUT2D eigenvalue weighted by molar-refractivity contribution is 6.31. The molecule has 2 aromatic carbocycles. The predicted octanol–water partition coefficient (Wildman–Crippen LogP) is 2.09. The lowest BCUT2D eigenvalue weighted by molar-refractivity contribution is -0.289. The molecule has 0 spiro atoms. The Hall–Kier alpha value is -3.18. The van der Waals surface area contributed by atoms with E-state index >= 15 is 0 Å². The van der Waals surface area contributed by atoms with Gasteiger partial charge in [0.05, 0.1) is 52.8 Å². The summed E-state index contributed by atoms with van der Waals surface area (Å²) < 4.78 is 25.1. The van der Waals surface area contributed by atoms with Crippen molar-refractivity contribution in [3.63, 3.8) is 0 Å². The van der Waals surface area contributed by atoms with Crippen LogP contribution in [-0.2, 0) is 18.9 Å². The molecular formula is C36H48N2O12. The summed E-state index contributed by atoms with van der Waals surface area (Å²) in [6.45, 7) is 5.12. The fraction of sp³-hybridized carbons (Fsp3) is 0.611. The number of aliphatic hydroxyl groups excluding tert-OH is 2. The predicted molar refractivity (Wildman–Crippen MR) is 177 cm³/mol. The van der Waals surface area contributed by atoms with Crippen LogP contribution in [0, 0.1) is 0 Å². The first kappa shape index (κ1) is 36.6. The number of ether oxygens (including phenoxy) is 4. The molecule has 2 saturated heterocycles. The van der Waals surface area contributed by atoms with Crippen LogP contribution in [0.15, 0.2) is 18.2 Å². The molecule has 14 heteroatoms. The van der Waals surface area contributed by atoms with Crippen LogP contribution in [0.4, 0.5) is 0 Å². The summed E-state index contributed by atoms with van der Waals surface area (Å²) in [6, 6.07) is 3.25. The third-order valence-corrected chi connectivity index (χ3v) is 11.0. The summed E-state index contributed by atoms with van der Waals surface area (Å²) in [5, 5.41) is 68.8. The van der Waals surface area contributed by atoms with Gasteiger partial charge in [-0.25, -0.2) is 0 Å². The van der Waals surface area contributed by atoms with Crippen molar-refractivity contribution in [2.75, 3.05) is 28.2 Å². The third kappa shape index (κ3) is 5.90. The number of carbonyl (C=O) groups is 2. The number of rotatable bonds is 7. The molecule has 11 atom stereocenters. The zero-order valence-electron chi connectivity index (χ0n) is 29.4. The normalized spacial score (nSPS) is 35.6. The van der Waals surface area contributed by atoms with Crippen LogP contribution in [-0.4, -0.2) is 135 Å². The number of nitrogens with zero attached hydrogens (tertiary/aromatic N) is 2. The van der Waals surface area contributed by atoms with Gasteiger partial charge in [-0.3, -0.25) is 9.59 Å². The average molecular weight is 701 g/mol. The number of ketones is 2. The number of fused-ring (bicyclic) bond motifs is 3. The number of hydrogen-bond donors (Lipinski definition) is 6. The van der Waals surface area contributed by atoms with Crippen LogP contribution in [0.3, 0.4) is 0 Å². The van der Waals surface area contributed by atoms with E-state index in [0.29, 0.717) is 0 Å². The molecule has 14 nitrogen and oxygen atoms in total. The lowest BCUT2D eigenvalue weighted by Gasteiger charge is -2.48. The Labute approximate surface area is 290 Å².